The maximum Gasteiger partial charge on any atom is 0.265 e. The smallest absolute Gasteiger partial charge is 0.265 e. The zero-order valence-corrected chi connectivity index (χ0v) is 17.9. The van der Waals surface area contributed by atoms with Crippen molar-refractivity contribution in [2.45, 2.75) is 13.3 Å². The Morgan fingerprint density at radius 3 is 1.97 bits per heavy atom. The Balaban J connectivity index is 1.61. The van der Waals surface area contributed by atoms with Gasteiger partial charge in [0.05, 0.1) is 11.3 Å². The fourth-order valence-electron chi connectivity index (χ4n) is 3.24. The highest BCUT2D eigenvalue weighted by Gasteiger charge is 2.18. The quantitative estimate of drug-likeness (QED) is 0.388. The van der Waals surface area contributed by atoms with E-state index in [1.165, 1.54) is 11.3 Å². The van der Waals surface area contributed by atoms with Gasteiger partial charge >= 0.3 is 0 Å². The molecule has 0 aliphatic heterocycles. The molecule has 2 amide bonds. The third-order valence-electron chi connectivity index (χ3n) is 4.79. The summed E-state index contributed by atoms with van der Waals surface area (Å²) in [6.45, 7) is 2.03. The predicted molar refractivity (Wildman–Crippen MR) is 128 cm³/mol. The van der Waals surface area contributed by atoms with Crippen molar-refractivity contribution < 1.29 is 9.59 Å². The number of para-hydroxylation sites is 2. The van der Waals surface area contributed by atoms with Crippen LogP contribution in [0.5, 0.6) is 0 Å². The standard InChI is InChI=1S/C26H22N2O2S/c1-18-12-14-19(15-13-18)25-20(17-24(29)27-21-8-4-2-5-9-21)16-23(31-25)26(30)28-22-10-6-3-7-11-22/h2-16H,17H2,1H3,(H,27,29)(H,28,30). The van der Waals surface area contributed by atoms with Crippen molar-refractivity contribution in [1.82, 2.24) is 0 Å². The van der Waals surface area contributed by atoms with E-state index in [1.54, 1.807) is 0 Å². The summed E-state index contributed by atoms with van der Waals surface area (Å²) in [5.41, 5.74) is 4.48. The van der Waals surface area contributed by atoms with Crippen molar-refractivity contribution in [3.63, 3.8) is 0 Å². The van der Waals surface area contributed by atoms with Gasteiger partial charge in [0.25, 0.3) is 5.91 Å². The topological polar surface area (TPSA) is 58.2 Å². The number of amides is 2. The molecule has 0 saturated heterocycles. The minimum Gasteiger partial charge on any atom is -0.326 e. The summed E-state index contributed by atoms with van der Waals surface area (Å²) in [4.78, 5) is 27.0. The molecule has 0 aliphatic carbocycles. The third-order valence-corrected chi connectivity index (χ3v) is 6.01. The number of aryl methyl sites for hydroxylation is 1. The first-order valence-corrected chi connectivity index (χ1v) is 10.8. The highest BCUT2D eigenvalue weighted by atomic mass is 32.1. The van der Waals surface area contributed by atoms with Crippen LogP contribution in [0.2, 0.25) is 0 Å². The number of rotatable bonds is 6. The normalized spacial score (nSPS) is 10.5. The number of hydrogen-bond acceptors (Lipinski definition) is 3. The van der Waals surface area contributed by atoms with E-state index in [-0.39, 0.29) is 18.2 Å². The van der Waals surface area contributed by atoms with Crippen LogP contribution in [0, 0.1) is 6.92 Å². The average molecular weight is 427 g/mol. The van der Waals surface area contributed by atoms with E-state index in [4.69, 9.17) is 0 Å². The van der Waals surface area contributed by atoms with Crippen molar-refractivity contribution in [1.29, 1.82) is 0 Å². The fourth-order valence-corrected chi connectivity index (χ4v) is 4.32. The molecule has 0 saturated carbocycles. The van der Waals surface area contributed by atoms with Crippen LogP contribution in [-0.4, -0.2) is 11.8 Å². The molecule has 31 heavy (non-hydrogen) atoms. The largest absolute Gasteiger partial charge is 0.326 e. The number of thiophene rings is 1. The van der Waals surface area contributed by atoms with Crippen LogP contribution in [0.4, 0.5) is 11.4 Å². The second-order valence-electron chi connectivity index (χ2n) is 7.24. The summed E-state index contributed by atoms with van der Waals surface area (Å²) in [6.07, 6.45) is 0.188. The molecular formula is C26H22N2O2S. The molecule has 2 N–H and O–H groups in total. The van der Waals surface area contributed by atoms with Crippen LogP contribution in [-0.2, 0) is 11.2 Å². The lowest BCUT2D eigenvalue weighted by Crippen LogP contribution is -2.14. The Hall–Kier alpha value is -3.70. The summed E-state index contributed by atoms with van der Waals surface area (Å²) >= 11 is 1.40. The van der Waals surface area contributed by atoms with Crippen LogP contribution in [0.1, 0.15) is 20.8 Å². The van der Waals surface area contributed by atoms with E-state index in [2.05, 4.69) is 10.6 Å². The second kappa shape index (κ2) is 9.41. The van der Waals surface area contributed by atoms with Crippen molar-refractivity contribution in [3.8, 4) is 10.4 Å². The minimum atomic E-state index is -0.181. The lowest BCUT2D eigenvalue weighted by Gasteiger charge is -2.06. The Labute approximate surface area is 185 Å². The fraction of sp³-hybridized carbons (Fsp3) is 0.0769. The van der Waals surface area contributed by atoms with E-state index in [0.29, 0.717) is 4.88 Å². The summed E-state index contributed by atoms with van der Waals surface area (Å²) in [5, 5.41) is 5.85. The number of benzene rings is 3. The SMILES string of the molecule is Cc1ccc(-c2sc(C(=O)Nc3ccccc3)cc2CC(=O)Nc2ccccc2)cc1. The van der Waals surface area contributed by atoms with Crippen LogP contribution >= 0.6 is 11.3 Å². The van der Waals surface area contributed by atoms with Crippen LogP contribution in [0.15, 0.2) is 91.0 Å². The minimum absolute atomic E-state index is 0.118. The number of carbonyl (C=O) groups is 2. The summed E-state index contributed by atoms with van der Waals surface area (Å²) in [7, 11) is 0. The van der Waals surface area contributed by atoms with Gasteiger partial charge in [-0.25, -0.2) is 0 Å². The van der Waals surface area contributed by atoms with Gasteiger partial charge in [0, 0.05) is 16.3 Å². The molecule has 0 radical (unpaired) electrons. The number of nitrogens with one attached hydrogen (secondary N) is 2. The van der Waals surface area contributed by atoms with Gasteiger partial charge in [0.15, 0.2) is 0 Å². The Morgan fingerprint density at radius 1 is 0.774 bits per heavy atom. The molecule has 5 heteroatoms. The van der Waals surface area contributed by atoms with Crippen LogP contribution in [0.25, 0.3) is 10.4 Å². The van der Waals surface area contributed by atoms with Gasteiger partial charge in [-0.3, -0.25) is 9.59 Å². The maximum absolute atomic E-state index is 12.8. The predicted octanol–water partition coefficient (Wildman–Crippen LogP) is 6.16. The molecule has 154 valence electrons. The Kier molecular flexibility index (Phi) is 6.24. The molecule has 4 nitrogen and oxygen atoms in total. The van der Waals surface area contributed by atoms with Crippen molar-refractivity contribution in [3.05, 3.63) is 107 Å². The zero-order chi connectivity index (χ0) is 21.6. The Morgan fingerprint density at radius 2 is 1.35 bits per heavy atom. The molecule has 0 unspecified atom stereocenters. The van der Waals surface area contributed by atoms with E-state index in [1.807, 2.05) is 97.9 Å². The average Bonchev–Trinajstić information content (AvgIpc) is 3.19. The first-order chi connectivity index (χ1) is 15.1. The molecule has 3 aromatic carbocycles. The van der Waals surface area contributed by atoms with Crippen LogP contribution in [0.3, 0.4) is 0 Å². The van der Waals surface area contributed by atoms with E-state index < -0.39 is 0 Å². The number of hydrogen-bond donors (Lipinski definition) is 2. The van der Waals surface area contributed by atoms with Crippen molar-refractivity contribution in [2.75, 3.05) is 10.6 Å². The molecule has 0 bridgehead atoms. The molecule has 0 spiro atoms. The van der Waals surface area contributed by atoms with Gasteiger partial charge in [-0.2, -0.15) is 0 Å². The summed E-state index contributed by atoms with van der Waals surface area (Å²) < 4.78 is 0. The van der Waals surface area contributed by atoms with Gasteiger partial charge < -0.3 is 10.6 Å². The monoisotopic (exact) mass is 426 g/mol. The van der Waals surface area contributed by atoms with Gasteiger partial charge in [0.2, 0.25) is 5.91 Å². The first-order valence-electron chi connectivity index (χ1n) is 9.99. The molecule has 0 aliphatic rings. The molecule has 0 fully saturated rings. The van der Waals surface area contributed by atoms with E-state index in [9.17, 15) is 9.59 Å². The molecule has 1 heterocycles. The van der Waals surface area contributed by atoms with E-state index in [0.717, 1.165) is 32.9 Å². The van der Waals surface area contributed by atoms with Crippen molar-refractivity contribution >= 4 is 34.5 Å². The van der Waals surface area contributed by atoms with Gasteiger partial charge in [-0.1, -0.05) is 66.2 Å². The molecule has 1 aromatic heterocycles. The second-order valence-corrected chi connectivity index (χ2v) is 8.29. The number of carbonyl (C=O) groups excluding carboxylic acids is 2. The van der Waals surface area contributed by atoms with Gasteiger partial charge in [-0.15, -0.1) is 11.3 Å². The lowest BCUT2D eigenvalue weighted by molar-refractivity contribution is -0.115. The summed E-state index contributed by atoms with van der Waals surface area (Å²) in [6, 6.07) is 28.7. The van der Waals surface area contributed by atoms with Crippen LogP contribution < -0.4 is 10.6 Å². The van der Waals surface area contributed by atoms with E-state index >= 15 is 0 Å². The number of anilines is 2. The van der Waals surface area contributed by atoms with Crippen molar-refractivity contribution in [2.24, 2.45) is 0 Å². The van der Waals surface area contributed by atoms with Gasteiger partial charge in [-0.05, 0) is 48.4 Å². The molecular weight excluding hydrogens is 404 g/mol. The Bertz CT molecular complexity index is 1180. The maximum atomic E-state index is 12.8. The summed E-state index contributed by atoms with van der Waals surface area (Å²) in [5.74, 6) is -0.299. The first kappa shape index (κ1) is 20.6. The van der Waals surface area contributed by atoms with Gasteiger partial charge in [0.1, 0.15) is 0 Å². The molecule has 4 aromatic rings. The zero-order valence-electron chi connectivity index (χ0n) is 17.1. The lowest BCUT2D eigenvalue weighted by atomic mass is 10.1. The highest BCUT2D eigenvalue weighted by molar-refractivity contribution is 7.17. The highest BCUT2D eigenvalue weighted by Crippen LogP contribution is 2.34. The molecule has 0 atom stereocenters. The molecule has 4 rings (SSSR count). The third kappa shape index (κ3) is 5.27.